The van der Waals surface area contributed by atoms with E-state index in [4.69, 9.17) is 5.73 Å². The summed E-state index contributed by atoms with van der Waals surface area (Å²) in [7, 11) is -3.29. The van der Waals surface area contributed by atoms with Gasteiger partial charge in [-0.25, -0.2) is 8.42 Å². The van der Waals surface area contributed by atoms with Crippen LogP contribution in [0.2, 0.25) is 0 Å². The van der Waals surface area contributed by atoms with Crippen LogP contribution in [0.4, 0.5) is 5.69 Å². The molecule has 0 saturated carbocycles. The zero-order valence-corrected chi connectivity index (χ0v) is 14.0. The minimum Gasteiger partial charge on any atom is -0.350 e. The highest BCUT2D eigenvalue weighted by Crippen LogP contribution is 2.29. The second-order valence-corrected chi connectivity index (χ2v) is 8.36. The molecule has 0 saturated heterocycles. The molecule has 1 aliphatic heterocycles. The number of amides is 1. The highest BCUT2D eigenvalue weighted by molar-refractivity contribution is 7.92. The van der Waals surface area contributed by atoms with Gasteiger partial charge in [-0.05, 0) is 50.5 Å². The average Bonchev–Trinajstić information content (AvgIpc) is 2.41. The van der Waals surface area contributed by atoms with Gasteiger partial charge in [-0.2, -0.15) is 0 Å². The predicted molar refractivity (Wildman–Crippen MR) is 87.6 cm³/mol. The van der Waals surface area contributed by atoms with Gasteiger partial charge in [0.05, 0.1) is 11.9 Å². The summed E-state index contributed by atoms with van der Waals surface area (Å²) in [6.45, 7) is 4.53. The summed E-state index contributed by atoms with van der Waals surface area (Å²) in [6, 6.07) is 5.13. The van der Waals surface area contributed by atoms with Gasteiger partial charge in [0, 0.05) is 24.2 Å². The number of aryl methyl sites for hydroxylation is 1. The lowest BCUT2D eigenvalue weighted by Gasteiger charge is -2.29. The Morgan fingerprint density at radius 1 is 1.41 bits per heavy atom. The van der Waals surface area contributed by atoms with Crippen molar-refractivity contribution in [1.29, 1.82) is 0 Å². The molecule has 1 heterocycles. The number of anilines is 1. The highest BCUT2D eigenvalue weighted by Gasteiger charge is 2.24. The molecule has 0 bridgehead atoms. The first kappa shape index (κ1) is 16.8. The number of hydrogen-bond donors (Lipinski definition) is 2. The van der Waals surface area contributed by atoms with E-state index in [1.54, 1.807) is 18.2 Å². The largest absolute Gasteiger partial charge is 0.350 e. The maximum absolute atomic E-state index is 12.2. The molecule has 0 spiro atoms. The summed E-state index contributed by atoms with van der Waals surface area (Å²) < 4.78 is 25.0. The number of nitrogens with two attached hydrogens (primary N) is 1. The fourth-order valence-corrected chi connectivity index (χ4v) is 3.45. The van der Waals surface area contributed by atoms with Crippen molar-refractivity contribution in [3.8, 4) is 0 Å². The van der Waals surface area contributed by atoms with Crippen LogP contribution in [0, 0.1) is 0 Å². The van der Waals surface area contributed by atoms with E-state index < -0.39 is 15.6 Å². The Morgan fingerprint density at radius 3 is 2.68 bits per heavy atom. The van der Waals surface area contributed by atoms with Crippen LogP contribution in [0.15, 0.2) is 18.2 Å². The first-order valence-corrected chi connectivity index (χ1v) is 9.10. The van der Waals surface area contributed by atoms with Crippen molar-refractivity contribution in [1.82, 2.24) is 5.32 Å². The second-order valence-electron chi connectivity index (χ2n) is 6.45. The van der Waals surface area contributed by atoms with Crippen molar-refractivity contribution >= 4 is 21.6 Å². The van der Waals surface area contributed by atoms with Crippen LogP contribution in [0.25, 0.3) is 0 Å². The Bertz CT molecular complexity index is 678. The first-order valence-electron chi connectivity index (χ1n) is 7.26. The normalized spacial score (nSPS) is 15.4. The molecule has 0 aromatic heterocycles. The van der Waals surface area contributed by atoms with E-state index >= 15 is 0 Å². The summed E-state index contributed by atoms with van der Waals surface area (Å²) in [6.07, 6.45) is 2.72. The van der Waals surface area contributed by atoms with Crippen LogP contribution in [0.5, 0.6) is 0 Å². The van der Waals surface area contributed by atoms with Gasteiger partial charge in [0.15, 0.2) is 0 Å². The fourth-order valence-electron chi connectivity index (χ4n) is 2.46. The van der Waals surface area contributed by atoms with E-state index in [1.807, 2.05) is 13.8 Å². The number of carbonyl (C=O) groups is 1. The highest BCUT2D eigenvalue weighted by atomic mass is 32.2. The van der Waals surface area contributed by atoms with Crippen LogP contribution in [0.1, 0.15) is 36.2 Å². The zero-order valence-electron chi connectivity index (χ0n) is 13.2. The van der Waals surface area contributed by atoms with E-state index in [1.165, 1.54) is 10.6 Å². The molecule has 1 amide bonds. The van der Waals surface area contributed by atoms with Crippen molar-refractivity contribution < 1.29 is 13.2 Å². The average molecular weight is 325 g/mol. The van der Waals surface area contributed by atoms with Gasteiger partial charge in [-0.3, -0.25) is 9.10 Å². The Kier molecular flexibility index (Phi) is 4.49. The Labute approximate surface area is 131 Å². The number of benzene rings is 1. The van der Waals surface area contributed by atoms with E-state index in [-0.39, 0.29) is 5.91 Å². The number of rotatable bonds is 4. The molecule has 0 fully saturated rings. The number of fused-ring (bicyclic) bond motifs is 1. The quantitative estimate of drug-likeness (QED) is 0.859. The smallest absolute Gasteiger partial charge is 0.251 e. The molecule has 0 atom stereocenters. The first-order chi connectivity index (χ1) is 10.1. The Balaban J connectivity index is 2.23. The standard InChI is InChI=1S/C15H23N3O3S/c1-15(2,16)10-17-14(19)12-6-7-13-11(9-12)5-4-8-18(13)22(3,20)21/h6-7,9H,4-5,8,10,16H2,1-3H3,(H,17,19). The van der Waals surface area contributed by atoms with Crippen LogP contribution in [0.3, 0.4) is 0 Å². The molecule has 0 aliphatic carbocycles. The monoisotopic (exact) mass is 325 g/mol. The van der Waals surface area contributed by atoms with E-state index in [2.05, 4.69) is 5.32 Å². The molecular weight excluding hydrogens is 302 g/mol. The lowest BCUT2D eigenvalue weighted by Crippen LogP contribution is -2.45. The molecule has 6 nitrogen and oxygen atoms in total. The molecule has 1 aromatic rings. The van der Waals surface area contributed by atoms with Crippen molar-refractivity contribution in [2.24, 2.45) is 5.73 Å². The van der Waals surface area contributed by atoms with Crippen molar-refractivity contribution in [2.75, 3.05) is 23.7 Å². The number of hydrogen-bond acceptors (Lipinski definition) is 4. The molecule has 3 N–H and O–H groups in total. The maximum Gasteiger partial charge on any atom is 0.251 e. The van der Waals surface area contributed by atoms with Gasteiger partial charge in [-0.1, -0.05) is 0 Å². The van der Waals surface area contributed by atoms with Gasteiger partial charge < -0.3 is 11.1 Å². The molecule has 2 rings (SSSR count). The van der Waals surface area contributed by atoms with E-state index in [9.17, 15) is 13.2 Å². The Hall–Kier alpha value is -1.60. The SMILES string of the molecule is CC(C)(N)CNC(=O)c1ccc2c(c1)CCCN2S(C)(=O)=O. The Morgan fingerprint density at radius 2 is 2.09 bits per heavy atom. The summed E-state index contributed by atoms with van der Waals surface area (Å²) in [5.41, 5.74) is 7.46. The second kappa shape index (κ2) is 5.89. The molecule has 1 aliphatic rings. The maximum atomic E-state index is 12.2. The number of nitrogens with zero attached hydrogens (tertiary/aromatic N) is 1. The molecule has 7 heteroatoms. The zero-order chi connectivity index (χ0) is 16.5. The lowest BCUT2D eigenvalue weighted by molar-refractivity contribution is 0.0946. The minimum absolute atomic E-state index is 0.196. The topological polar surface area (TPSA) is 92.5 Å². The molecule has 0 radical (unpaired) electrons. The summed E-state index contributed by atoms with van der Waals surface area (Å²) >= 11 is 0. The number of nitrogens with one attached hydrogen (secondary N) is 1. The van der Waals surface area contributed by atoms with Gasteiger partial charge in [0.1, 0.15) is 0 Å². The third-order valence-corrected chi connectivity index (χ3v) is 4.70. The van der Waals surface area contributed by atoms with Gasteiger partial charge in [0.25, 0.3) is 5.91 Å². The van der Waals surface area contributed by atoms with Gasteiger partial charge in [0.2, 0.25) is 10.0 Å². The number of sulfonamides is 1. The molecule has 0 unspecified atom stereocenters. The molecular formula is C15H23N3O3S. The van der Waals surface area contributed by atoms with Crippen LogP contribution in [-0.4, -0.2) is 39.2 Å². The van der Waals surface area contributed by atoms with Crippen LogP contribution >= 0.6 is 0 Å². The molecule has 122 valence electrons. The summed E-state index contributed by atoms with van der Waals surface area (Å²) in [5.74, 6) is -0.196. The van der Waals surface area contributed by atoms with Crippen molar-refractivity contribution in [2.45, 2.75) is 32.2 Å². The van der Waals surface area contributed by atoms with Crippen LogP contribution < -0.4 is 15.4 Å². The third kappa shape index (κ3) is 3.98. The van der Waals surface area contributed by atoms with Crippen molar-refractivity contribution in [3.05, 3.63) is 29.3 Å². The molecule has 22 heavy (non-hydrogen) atoms. The van der Waals surface area contributed by atoms with Crippen molar-refractivity contribution in [3.63, 3.8) is 0 Å². The third-order valence-electron chi connectivity index (χ3n) is 3.52. The lowest BCUT2D eigenvalue weighted by atomic mass is 10.00. The molecule has 1 aromatic carbocycles. The van der Waals surface area contributed by atoms with E-state index in [0.717, 1.165) is 18.4 Å². The number of carbonyl (C=O) groups excluding carboxylic acids is 1. The predicted octanol–water partition coefficient (Wildman–Crippen LogP) is 0.866. The van der Waals surface area contributed by atoms with Crippen LogP contribution in [-0.2, 0) is 16.4 Å². The summed E-state index contributed by atoms with van der Waals surface area (Å²) in [5, 5.41) is 2.79. The minimum atomic E-state index is -3.29. The fraction of sp³-hybridized carbons (Fsp3) is 0.533. The van der Waals surface area contributed by atoms with Gasteiger partial charge >= 0.3 is 0 Å². The summed E-state index contributed by atoms with van der Waals surface area (Å²) in [4.78, 5) is 12.2. The van der Waals surface area contributed by atoms with Gasteiger partial charge in [-0.15, -0.1) is 0 Å². The van der Waals surface area contributed by atoms with E-state index in [0.29, 0.717) is 24.3 Å².